The van der Waals surface area contributed by atoms with E-state index in [2.05, 4.69) is 40.9 Å². The summed E-state index contributed by atoms with van der Waals surface area (Å²) in [4.78, 5) is 14.8. The zero-order valence-electron chi connectivity index (χ0n) is 16.9. The summed E-state index contributed by atoms with van der Waals surface area (Å²) in [6, 6.07) is 8.40. The standard InChI is InChI=1S/C22H30N4O2/c1-3-26-21-9-11-28-15-19(21)20(24-26)14-25-10-8-18(13-25)23-22(27)12-17-6-4-16(2)5-7-17/h4-7,18H,3,8-15H2,1-2H3,(H,23,27). The number of benzene rings is 1. The summed E-state index contributed by atoms with van der Waals surface area (Å²) in [5.41, 5.74) is 6.04. The molecule has 1 unspecified atom stereocenters. The number of nitrogens with zero attached hydrogens (tertiary/aromatic N) is 3. The molecule has 2 aliphatic heterocycles. The van der Waals surface area contributed by atoms with Crippen molar-refractivity contribution in [1.29, 1.82) is 0 Å². The SMILES string of the molecule is CCn1nc(CN2CCC(NC(=O)Cc3ccc(C)cc3)C2)c2c1CCOC2. The average Bonchev–Trinajstić information content (AvgIpc) is 3.28. The summed E-state index contributed by atoms with van der Waals surface area (Å²) in [7, 11) is 0. The quantitative estimate of drug-likeness (QED) is 0.832. The van der Waals surface area contributed by atoms with Crippen LogP contribution in [0.5, 0.6) is 0 Å². The number of carbonyl (C=O) groups excluding carboxylic acids is 1. The van der Waals surface area contributed by atoms with Gasteiger partial charge in [0.05, 0.1) is 25.3 Å². The zero-order valence-corrected chi connectivity index (χ0v) is 16.9. The van der Waals surface area contributed by atoms with Crippen LogP contribution in [0, 0.1) is 6.92 Å². The number of aryl methyl sites for hydroxylation is 2. The highest BCUT2D eigenvalue weighted by atomic mass is 16.5. The second-order valence-corrected chi connectivity index (χ2v) is 7.94. The van der Waals surface area contributed by atoms with Gasteiger partial charge < -0.3 is 10.1 Å². The lowest BCUT2D eigenvalue weighted by atomic mass is 10.1. The molecule has 1 aromatic heterocycles. The van der Waals surface area contributed by atoms with Gasteiger partial charge in [-0.25, -0.2) is 0 Å². The number of rotatable bonds is 6. The first-order valence-corrected chi connectivity index (χ1v) is 10.3. The summed E-state index contributed by atoms with van der Waals surface area (Å²) in [6.07, 6.45) is 2.39. The summed E-state index contributed by atoms with van der Waals surface area (Å²) in [5, 5.41) is 8.04. The number of carbonyl (C=O) groups is 1. The first kappa shape index (κ1) is 19.2. The van der Waals surface area contributed by atoms with E-state index in [9.17, 15) is 4.79 Å². The van der Waals surface area contributed by atoms with Crippen LogP contribution in [0.4, 0.5) is 0 Å². The van der Waals surface area contributed by atoms with Crippen LogP contribution in [0.2, 0.25) is 0 Å². The van der Waals surface area contributed by atoms with E-state index in [1.807, 2.05) is 12.1 Å². The van der Waals surface area contributed by atoms with Crippen molar-refractivity contribution in [2.45, 2.75) is 58.8 Å². The van der Waals surface area contributed by atoms with Crippen molar-refractivity contribution in [1.82, 2.24) is 20.0 Å². The van der Waals surface area contributed by atoms with E-state index in [0.717, 1.165) is 56.9 Å². The van der Waals surface area contributed by atoms with Gasteiger partial charge >= 0.3 is 0 Å². The van der Waals surface area contributed by atoms with Gasteiger partial charge in [-0.3, -0.25) is 14.4 Å². The lowest BCUT2D eigenvalue weighted by molar-refractivity contribution is -0.121. The Balaban J connectivity index is 1.31. The predicted molar refractivity (Wildman–Crippen MR) is 108 cm³/mol. The minimum Gasteiger partial charge on any atom is -0.376 e. The van der Waals surface area contributed by atoms with Crippen LogP contribution in [-0.2, 0) is 42.1 Å². The number of hydrogen-bond acceptors (Lipinski definition) is 4. The molecule has 3 heterocycles. The Morgan fingerprint density at radius 3 is 2.93 bits per heavy atom. The first-order chi connectivity index (χ1) is 13.6. The number of aromatic nitrogens is 2. The molecule has 6 nitrogen and oxygen atoms in total. The van der Waals surface area contributed by atoms with E-state index in [4.69, 9.17) is 9.84 Å². The molecule has 0 aliphatic carbocycles. The highest BCUT2D eigenvalue weighted by Gasteiger charge is 2.27. The predicted octanol–water partition coefficient (Wildman–Crippen LogP) is 2.22. The largest absolute Gasteiger partial charge is 0.376 e. The molecule has 1 saturated heterocycles. The second-order valence-electron chi connectivity index (χ2n) is 7.94. The molecule has 1 aromatic carbocycles. The molecule has 0 spiro atoms. The Kier molecular flexibility index (Phi) is 5.78. The normalized spacial score (nSPS) is 19.6. The van der Waals surface area contributed by atoms with Crippen molar-refractivity contribution in [3.63, 3.8) is 0 Å². The smallest absolute Gasteiger partial charge is 0.224 e. The van der Waals surface area contributed by atoms with Gasteiger partial charge in [0, 0.05) is 49.9 Å². The Hall–Kier alpha value is -2.18. The molecule has 0 saturated carbocycles. The molecule has 6 heteroatoms. The fourth-order valence-corrected chi connectivity index (χ4v) is 4.24. The van der Waals surface area contributed by atoms with Crippen molar-refractivity contribution in [3.05, 3.63) is 52.3 Å². The number of hydrogen-bond donors (Lipinski definition) is 1. The minimum absolute atomic E-state index is 0.108. The average molecular weight is 383 g/mol. The van der Waals surface area contributed by atoms with Crippen LogP contribution in [0.15, 0.2) is 24.3 Å². The Bertz CT molecular complexity index is 828. The van der Waals surface area contributed by atoms with Gasteiger partial charge in [0.1, 0.15) is 0 Å². The molecule has 1 atom stereocenters. The molecule has 1 fully saturated rings. The Labute approximate surface area is 166 Å². The fraction of sp³-hybridized carbons (Fsp3) is 0.545. The number of likely N-dealkylation sites (tertiary alicyclic amines) is 1. The van der Waals surface area contributed by atoms with E-state index in [0.29, 0.717) is 13.0 Å². The summed E-state index contributed by atoms with van der Waals surface area (Å²) in [5.74, 6) is 0.108. The number of ether oxygens (including phenoxy) is 1. The van der Waals surface area contributed by atoms with Gasteiger partial charge in [-0.15, -0.1) is 0 Å². The van der Waals surface area contributed by atoms with E-state index < -0.39 is 0 Å². The van der Waals surface area contributed by atoms with Crippen molar-refractivity contribution < 1.29 is 9.53 Å². The molecule has 2 aromatic rings. The van der Waals surface area contributed by atoms with Crippen LogP contribution < -0.4 is 5.32 Å². The van der Waals surface area contributed by atoms with E-state index in [1.54, 1.807) is 0 Å². The Morgan fingerprint density at radius 2 is 2.14 bits per heavy atom. The topological polar surface area (TPSA) is 59.4 Å². The molecule has 2 aliphatic rings. The number of fused-ring (bicyclic) bond motifs is 1. The van der Waals surface area contributed by atoms with Crippen molar-refractivity contribution in [2.24, 2.45) is 0 Å². The maximum absolute atomic E-state index is 12.4. The fourth-order valence-electron chi connectivity index (χ4n) is 4.24. The number of nitrogens with one attached hydrogen (secondary N) is 1. The van der Waals surface area contributed by atoms with Gasteiger partial charge in [0.2, 0.25) is 5.91 Å². The molecule has 150 valence electrons. The van der Waals surface area contributed by atoms with Crippen molar-refractivity contribution in [2.75, 3.05) is 19.7 Å². The molecular weight excluding hydrogens is 352 g/mol. The van der Waals surface area contributed by atoms with Gasteiger partial charge in [0.25, 0.3) is 0 Å². The highest BCUT2D eigenvalue weighted by Crippen LogP contribution is 2.23. The third kappa shape index (κ3) is 4.28. The second kappa shape index (κ2) is 8.45. The van der Waals surface area contributed by atoms with Crippen LogP contribution in [-0.4, -0.2) is 46.3 Å². The lowest BCUT2D eigenvalue weighted by Gasteiger charge is -2.18. The van der Waals surface area contributed by atoms with Crippen LogP contribution >= 0.6 is 0 Å². The molecule has 4 rings (SSSR count). The van der Waals surface area contributed by atoms with Gasteiger partial charge in [0.15, 0.2) is 0 Å². The van der Waals surface area contributed by atoms with Gasteiger partial charge in [-0.1, -0.05) is 29.8 Å². The molecule has 1 amide bonds. The van der Waals surface area contributed by atoms with Crippen LogP contribution in [0.1, 0.15) is 41.4 Å². The highest BCUT2D eigenvalue weighted by molar-refractivity contribution is 5.78. The molecular formula is C22H30N4O2. The maximum Gasteiger partial charge on any atom is 0.224 e. The maximum atomic E-state index is 12.4. The van der Waals surface area contributed by atoms with E-state index >= 15 is 0 Å². The van der Waals surface area contributed by atoms with Crippen LogP contribution in [0.3, 0.4) is 0 Å². The van der Waals surface area contributed by atoms with Crippen molar-refractivity contribution in [3.8, 4) is 0 Å². The minimum atomic E-state index is 0.108. The first-order valence-electron chi connectivity index (χ1n) is 10.3. The number of amides is 1. The van der Waals surface area contributed by atoms with Gasteiger partial charge in [-0.05, 0) is 25.8 Å². The van der Waals surface area contributed by atoms with Crippen molar-refractivity contribution >= 4 is 5.91 Å². The Morgan fingerprint density at radius 1 is 1.32 bits per heavy atom. The van der Waals surface area contributed by atoms with E-state index in [-0.39, 0.29) is 11.9 Å². The summed E-state index contributed by atoms with van der Waals surface area (Å²) >= 11 is 0. The summed E-state index contributed by atoms with van der Waals surface area (Å²) < 4.78 is 7.80. The third-order valence-corrected chi connectivity index (χ3v) is 5.77. The lowest BCUT2D eigenvalue weighted by Crippen LogP contribution is -2.37. The zero-order chi connectivity index (χ0) is 19.5. The third-order valence-electron chi connectivity index (χ3n) is 5.77. The molecule has 1 N–H and O–H groups in total. The summed E-state index contributed by atoms with van der Waals surface area (Å²) in [6.45, 7) is 9.28. The molecule has 0 radical (unpaired) electrons. The molecule has 28 heavy (non-hydrogen) atoms. The van der Waals surface area contributed by atoms with Crippen LogP contribution in [0.25, 0.3) is 0 Å². The van der Waals surface area contributed by atoms with Gasteiger partial charge in [-0.2, -0.15) is 5.10 Å². The van der Waals surface area contributed by atoms with E-state index in [1.165, 1.54) is 16.8 Å². The monoisotopic (exact) mass is 382 g/mol. The molecule has 0 bridgehead atoms.